The summed E-state index contributed by atoms with van der Waals surface area (Å²) >= 11 is 5.98. The fourth-order valence-electron chi connectivity index (χ4n) is 3.03. The quantitative estimate of drug-likeness (QED) is 0.845. The minimum atomic E-state index is -0.309. The molecule has 0 aliphatic heterocycles. The second-order valence-corrected chi connectivity index (χ2v) is 5.57. The SMILES string of the molecule is CNC(CCc1cccc(F)c1Cl)C1CCCC1. The topological polar surface area (TPSA) is 12.0 Å². The highest BCUT2D eigenvalue weighted by Gasteiger charge is 2.23. The molecule has 1 fully saturated rings. The second-order valence-electron chi connectivity index (χ2n) is 5.19. The van der Waals surface area contributed by atoms with Crippen LogP contribution in [0, 0.1) is 11.7 Å². The molecule has 1 aliphatic rings. The van der Waals surface area contributed by atoms with Gasteiger partial charge in [0.1, 0.15) is 5.82 Å². The van der Waals surface area contributed by atoms with Gasteiger partial charge < -0.3 is 5.32 Å². The van der Waals surface area contributed by atoms with Gasteiger partial charge in [-0.1, -0.05) is 36.6 Å². The maximum atomic E-state index is 13.3. The molecule has 18 heavy (non-hydrogen) atoms. The van der Waals surface area contributed by atoms with E-state index in [1.54, 1.807) is 6.07 Å². The lowest BCUT2D eigenvalue weighted by molar-refractivity contribution is 0.360. The first-order valence-electron chi connectivity index (χ1n) is 6.82. The molecule has 1 saturated carbocycles. The van der Waals surface area contributed by atoms with E-state index in [-0.39, 0.29) is 5.82 Å². The van der Waals surface area contributed by atoms with Crippen LogP contribution in [0.4, 0.5) is 4.39 Å². The first kappa shape index (κ1) is 13.8. The van der Waals surface area contributed by atoms with E-state index < -0.39 is 0 Å². The van der Waals surface area contributed by atoms with Gasteiger partial charge in [-0.25, -0.2) is 4.39 Å². The number of nitrogens with one attached hydrogen (secondary N) is 1. The van der Waals surface area contributed by atoms with Crippen molar-refractivity contribution in [3.63, 3.8) is 0 Å². The maximum Gasteiger partial charge on any atom is 0.142 e. The zero-order valence-electron chi connectivity index (χ0n) is 10.9. The van der Waals surface area contributed by atoms with E-state index in [4.69, 9.17) is 11.6 Å². The average Bonchev–Trinajstić information content (AvgIpc) is 2.89. The molecule has 1 N–H and O–H groups in total. The van der Waals surface area contributed by atoms with Crippen LogP contribution in [0.2, 0.25) is 5.02 Å². The van der Waals surface area contributed by atoms with Crippen molar-refractivity contribution in [2.24, 2.45) is 5.92 Å². The molecule has 1 unspecified atom stereocenters. The van der Waals surface area contributed by atoms with Crippen LogP contribution < -0.4 is 5.32 Å². The van der Waals surface area contributed by atoms with Crippen LogP contribution in [0.5, 0.6) is 0 Å². The van der Waals surface area contributed by atoms with Crippen molar-refractivity contribution < 1.29 is 4.39 Å². The van der Waals surface area contributed by atoms with Crippen molar-refractivity contribution in [1.29, 1.82) is 0 Å². The molecule has 1 aromatic carbocycles. The fourth-order valence-corrected chi connectivity index (χ4v) is 3.25. The summed E-state index contributed by atoms with van der Waals surface area (Å²) in [6, 6.07) is 5.61. The monoisotopic (exact) mass is 269 g/mol. The molecule has 0 saturated heterocycles. The molecule has 1 atom stereocenters. The zero-order valence-corrected chi connectivity index (χ0v) is 11.6. The Balaban J connectivity index is 1.94. The van der Waals surface area contributed by atoms with E-state index in [0.717, 1.165) is 24.3 Å². The second kappa shape index (κ2) is 6.53. The molecule has 0 aromatic heterocycles. The van der Waals surface area contributed by atoms with Crippen molar-refractivity contribution in [2.45, 2.75) is 44.6 Å². The van der Waals surface area contributed by atoms with E-state index >= 15 is 0 Å². The van der Waals surface area contributed by atoms with E-state index in [0.29, 0.717) is 11.1 Å². The van der Waals surface area contributed by atoms with Gasteiger partial charge in [-0.2, -0.15) is 0 Å². The van der Waals surface area contributed by atoms with E-state index in [1.807, 2.05) is 13.1 Å². The normalized spacial score (nSPS) is 18.2. The Morgan fingerprint density at radius 3 is 2.78 bits per heavy atom. The average molecular weight is 270 g/mol. The lowest BCUT2D eigenvalue weighted by Crippen LogP contribution is -2.32. The summed E-state index contributed by atoms with van der Waals surface area (Å²) in [7, 11) is 2.02. The third kappa shape index (κ3) is 3.24. The molecular formula is C15H21ClFN. The molecule has 3 heteroatoms. The first-order chi connectivity index (χ1) is 8.72. The Hall–Kier alpha value is -0.600. The van der Waals surface area contributed by atoms with Gasteiger partial charge in [-0.3, -0.25) is 0 Å². The summed E-state index contributed by atoms with van der Waals surface area (Å²) in [6.45, 7) is 0. The van der Waals surface area contributed by atoms with Crippen LogP contribution in [0.15, 0.2) is 18.2 Å². The largest absolute Gasteiger partial charge is 0.317 e. The Morgan fingerprint density at radius 1 is 1.39 bits per heavy atom. The fraction of sp³-hybridized carbons (Fsp3) is 0.600. The minimum Gasteiger partial charge on any atom is -0.317 e. The van der Waals surface area contributed by atoms with Gasteiger partial charge >= 0.3 is 0 Å². The summed E-state index contributed by atoms with van der Waals surface area (Å²) in [5, 5.41) is 3.70. The Morgan fingerprint density at radius 2 is 2.11 bits per heavy atom. The number of aryl methyl sites for hydroxylation is 1. The molecule has 100 valence electrons. The van der Waals surface area contributed by atoms with Crippen molar-refractivity contribution >= 4 is 11.6 Å². The van der Waals surface area contributed by atoms with Gasteiger partial charge in [0.25, 0.3) is 0 Å². The van der Waals surface area contributed by atoms with Crippen LogP contribution in [-0.4, -0.2) is 13.1 Å². The third-order valence-electron chi connectivity index (χ3n) is 4.10. The number of hydrogen-bond donors (Lipinski definition) is 1. The minimum absolute atomic E-state index is 0.291. The first-order valence-corrected chi connectivity index (χ1v) is 7.20. The molecule has 1 aromatic rings. The van der Waals surface area contributed by atoms with Crippen LogP contribution in [-0.2, 0) is 6.42 Å². The highest BCUT2D eigenvalue weighted by molar-refractivity contribution is 6.31. The predicted molar refractivity (Wildman–Crippen MR) is 74.5 cm³/mol. The van der Waals surface area contributed by atoms with Gasteiger partial charge in [-0.15, -0.1) is 0 Å². The summed E-state index contributed by atoms with van der Waals surface area (Å²) in [5.74, 6) is 0.471. The Kier molecular flexibility index (Phi) is 5.02. The number of halogens is 2. The lowest BCUT2D eigenvalue weighted by atomic mass is 9.92. The van der Waals surface area contributed by atoms with Gasteiger partial charge in [0.2, 0.25) is 0 Å². The van der Waals surface area contributed by atoms with Crippen molar-refractivity contribution in [2.75, 3.05) is 7.05 Å². The Bertz CT molecular complexity index is 388. The molecule has 0 radical (unpaired) electrons. The standard InChI is InChI=1S/C15H21ClFN/c1-18-14(11-5-2-3-6-11)10-9-12-7-4-8-13(17)15(12)16/h4,7-8,11,14,18H,2-3,5-6,9-10H2,1H3. The van der Waals surface area contributed by atoms with Crippen LogP contribution in [0.1, 0.15) is 37.7 Å². The third-order valence-corrected chi connectivity index (χ3v) is 4.52. The predicted octanol–water partition coefficient (Wildman–Crippen LogP) is 4.19. The summed E-state index contributed by atoms with van der Waals surface area (Å²) in [5.41, 5.74) is 0.926. The summed E-state index contributed by atoms with van der Waals surface area (Å²) < 4.78 is 13.3. The van der Waals surface area contributed by atoms with Crippen LogP contribution in [0.25, 0.3) is 0 Å². The smallest absolute Gasteiger partial charge is 0.142 e. The molecule has 2 rings (SSSR count). The van der Waals surface area contributed by atoms with Crippen molar-refractivity contribution in [3.8, 4) is 0 Å². The number of benzene rings is 1. The molecule has 0 spiro atoms. The summed E-state index contributed by atoms with van der Waals surface area (Å²) in [4.78, 5) is 0. The van der Waals surface area contributed by atoms with Gasteiger partial charge in [0.15, 0.2) is 0 Å². The van der Waals surface area contributed by atoms with Crippen LogP contribution >= 0.6 is 11.6 Å². The van der Waals surface area contributed by atoms with Gasteiger partial charge in [-0.05, 0) is 50.3 Å². The zero-order chi connectivity index (χ0) is 13.0. The van der Waals surface area contributed by atoms with Crippen molar-refractivity contribution in [1.82, 2.24) is 5.32 Å². The van der Waals surface area contributed by atoms with Crippen molar-refractivity contribution in [3.05, 3.63) is 34.6 Å². The highest BCUT2D eigenvalue weighted by Crippen LogP contribution is 2.30. The molecule has 1 nitrogen and oxygen atoms in total. The molecule has 0 bridgehead atoms. The lowest BCUT2D eigenvalue weighted by Gasteiger charge is -2.23. The van der Waals surface area contributed by atoms with E-state index in [2.05, 4.69) is 5.32 Å². The molecular weight excluding hydrogens is 249 g/mol. The van der Waals surface area contributed by atoms with E-state index in [9.17, 15) is 4.39 Å². The molecule has 0 heterocycles. The van der Waals surface area contributed by atoms with Crippen LogP contribution in [0.3, 0.4) is 0 Å². The highest BCUT2D eigenvalue weighted by atomic mass is 35.5. The van der Waals surface area contributed by atoms with Gasteiger partial charge in [0.05, 0.1) is 5.02 Å². The van der Waals surface area contributed by atoms with Gasteiger partial charge in [0, 0.05) is 6.04 Å². The Labute approximate surface area is 114 Å². The molecule has 0 amide bonds. The summed E-state index contributed by atoms with van der Waals surface area (Å²) in [6.07, 6.45) is 7.22. The maximum absolute atomic E-state index is 13.3. The molecule has 1 aliphatic carbocycles. The van der Waals surface area contributed by atoms with E-state index in [1.165, 1.54) is 31.7 Å². The number of rotatable bonds is 5. The number of hydrogen-bond acceptors (Lipinski definition) is 1.